The van der Waals surface area contributed by atoms with E-state index >= 15 is 0 Å². The van der Waals surface area contributed by atoms with Crippen molar-refractivity contribution in [3.63, 3.8) is 0 Å². The lowest BCUT2D eigenvalue weighted by atomic mass is 9.73. The second-order valence-electron chi connectivity index (χ2n) is 10.8. The second kappa shape index (κ2) is 10.7. The minimum atomic E-state index is -0.809. The Bertz CT molecular complexity index is 1590. The van der Waals surface area contributed by atoms with Crippen molar-refractivity contribution in [1.29, 1.82) is 0 Å². The number of anilines is 2. The van der Waals surface area contributed by atoms with Gasteiger partial charge in [-0.2, -0.15) is 0 Å². The van der Waals surface area contributed by atoms with Gasteiger partial charge in [-0.25, -0.2) is 4.79 Å². The monoisotopic (exact) mass is 569 g/mol. The van der Waals surface area contributed by atoms with E-state index in [1.165, 1.54) is 60.0 Å². The van der Waals surface area contributed by atoms with Crippen molar-refractivity contribution >= 4 is 40.8 Å². The van der Waals surface area contributed by atoms with E-state index in [-0.39, 0.29) is 58.3 Å². The summed E-state index contributed by atoms with van der Waals surface area (Å²) in [5.41, 5.74) is 1.26. The minimum Gasteiger partial charge on any atom is -0.497 e. The Morgan fingerprint density at radius 1 is 0.976 bits per heavy atom. The molecule has 3 aliphatic rings. The molecule has 6 rings (SSSR count). The van der Waals surface area contributed by atoms with Crippen LogP contribution >= 0.6 is 0 Å². The van der Waals surface area contributed by atoms with Gasteiger partial charge in [0, 0.05) is 12.1 Å². The maximum atomic E-state index is 13.5. The number of methoxy groups -OCH3 is 1. The Labute approximate surface area is 240 Å². The lowest BCUT2D eigenvalue weighted by Crippen LogP contribution is -2.33. The number of hydrogen-bond acceptors (Lipinski definition) is 8. The number of amides is 3. The highest BCUT2D eigenvalue weighted by Gasteiger charge is 2.64. The fourth-order valence-corrected chi connectivity index (χ4v) is 6.85. The van der Waals surface area contributed by atoms with E-state index in [1.807, 2.05) is 18.2 Å². The van der Waals surface area contributed by atoms with Crippen LogP contribution < -0.4 is 15.0 Å². The average Bonchev–Trinajstić information content (AvgIpc) is 3.67. The van der Waals surface area contributed by atoms with Crippen molar-refractivity contribution in [2.45, 2.75) is 18.8 Å². The number of carbonyl (C=O) groups excluding carboxylic acids is 4. The number of ether oxygens (including phenoxy) is 2. The van der Waals surface area contributed by atoms with E-state index in [2.05, 4.69) is 17.4 Å². The molecule has 0 aromatic heterocycles. The first-order chi connectivity index (χ1) is 20.3. The summed E-state index contributed by atoms with van der Waals surface area (Å²) in [5, 5.41) is 13.6. The zero-order valence-corrected chi connectivity index (χ0v) is 22.6. The molecule has 2 bridgehead atoms. The van der Waals surface area contributed by atoms with Gasteiger partial charge in [-0.3, -0.25) is 29.4 Å². The first-order valence-electron chi connectivity index (χ1n) is 13.6. The third-order valence-corrected chi connectivity index (χ3v) is 8.61. The topological polar surface area (TPSA) is 145 Å². The zero-order chi connectivity index (χ0) is 29.5. The lowest BCUT2D eigenvalue weighted by molar-refractivity contribution is -0.383. The quantitative estimate of drug-likeness (QED) is 0.183. The summed E-state index contributed by atoms with van der Waals surface area (Å²) in [6, 6.07) is 19.9. The Morgan fingerprint density at radius 3 is 2.38 bits per heavy atom. The highest BCUT2D eigenvalue weighted by Crippen LogP contribution is 2.61. The van der Waals surface area contributed by atoms with Gasteiger partial charge < -0.3 is 14.8 Å². The SMILES string of the molecule is COc1ccc([N+](=O)[O-])c(NC(=O)COC(=O)c2ccc(N3C(=O)[C@@H]4[C@@H]5C[C@@H]([C@H]4C3=O)[C@H](c3ccccc3)C5)cc2)c1. The first kappa shape index (κ1) is 27.1. The molecule has 11 nitrogen and oxygen atoms in total. The summed E-state index contributed by atoms with van der Waals surface area (Å²) < 4.78 is 10.1. The van der Waals surface area contributed by atoms with Crippen LogP contribution in [0.4, 0.5) is 17.1 Å². The van der Waals surface area contributed by atoms with Gasteiger partial charge in [0.05, 0.1) is 35.1 Å². The molecule has 3 aromatic carbocycles. The second-order valence-corrected chi connectivity index (χ2v) is 10.8. The number of nitro groups is 1. The van der Waals surface area contributed by atoms with Gasteiger partial charge in [0.25, 0.3) is 11.6 Å². The average molecular weight is 570 g/mol. The summed E-state index contributed by atoms with van der Waals surface area (Å²) in [7, 11) is 1.38. The summed E-state index contributed by atoms with van der Waals surface area (Å²) in [6.07, 6.45) is 1.77. The molecule has 0 unspecified atom stereocenters. The molecule has 0 spiro atoms. The number of benzene rings is 3. The van der Waals surface area contributed by atoms with E-state index in [4.69, 9.17) is 9.47 Å². The Morgan fingerprint density at radius 2 is 1.69 bits per heavy atom. The number of rotatable bonds is 8. The molecular formula is C31H27N3O8. The summed E-state index contributed by atoms with van der Waals surface area (Å²) >= 11 is 0. The lowest BCUT2D eigenvalue weighted by Gasteiger charge is -2.28. The number of nitrogens with zero attached hydrogens (tertiary/aromatic N) is 2. The molecule has 5 atom stereocenters. The standard InChI is InChI=1S/C31H27N3O8/c1-41-21-11-12-25(34(39)40)24(15-21)32-26(35)16-42-31(38)18-7-9-20(10-8-18)33-29(36)27-19-13-22(17-5-3-2-4-6-17)23(14-19)28(27)30(33)37/h2-12,15,19,22-23,27-28H,13-14,16H2,1H3,(H,32,35)/t19-,22-,23+,27+,28+/m0/s1. The minimum absolute atomic E-state index is 0.0991. The molecule has 1 aliphatic heterocycles. The smallest absolute Gasteiger partial charge is 0.338 e. The maximum absolute atomic E-state index is 13.5. The molecule has 2 saturated carbocycles. The van der Waals surface area contributed by atoms with Crippen LogP contribution in [0.15, 0.2) is 72.8 Å². The van der Waals surface area contributed by atoms with Crippen LogP contribution in [-0.4, -0.2) is 42.3 Å². The Kier molecular flexibility index (Phi) is 6.93. The molecule has 11 heteroatoms. The van der Waals surface area contributed by atoms with Crippen molar-refractivity contribution in [3.05, 3.63) is 94.0 Å². The van der Waals surface area contributed by atoms with Gasteiger partial charge in [-0.05, 0) is 66.5 Å². The number of nitrogens with one attached hydrogen (secondary N) is 1. The van der Waals surface area contributed by atoms with Gasteiger partial charge in [-0.15, -0.1) is 0 Å². The molecule has 1 saturated heterocycles. The normalized spacial score (nSPS) is 23.9. The van der Waals surface area contributed by atoms with Gasteiger partial charge in [0.1, 0.15) is 11.4 Å². The number of fused-ring (bicyclic) bond motifs is 5. The molecular weight excluding hydrogens is 542 g/mol. The summed E-state index contributed by atoms with van der Waals surface area (Å²) in [5.74, 6) is -1.77. The molecule has 214 valence electrons. The van der Waals surface area contributed by atoms with Crippen LogP contribution in [0.3, 0.4) is 0 Å². The van der Waals surface area contributed by atoms with Gasteiger partial charge >= 0.3 is 5.97 Å². The highest BCUT2D eigenvalue weighted by atomic mass is 16.6. The number of nitro benzene ring substituents is 1. The predicted molar refractivity (Wildman–Crippen MR) is 150 cm³/mol. The van der Waals surface area contributed by atoms with Crippen LogP contribution in [0.2, 0.25) is 0 Å². The summed E-state index contributed by atoms with van der Waals surface area (Å²) in [4.78, 5) is 63.7. The van der Waals surface area contributed by atoms with Crippen molar-refractivity contribution in [2.24, 2.45) is 23.7 Å². The van der Waals surface area contributed by atoms with Crippen LogP contribution in [0.25, 0.3) is 0 Å². The molecule has 3 aromatic rings. The predicted octanol–water partition coefficient (Wildman–Crippen LogP) is 4.33. The van der Waals surface area contributed by atoms with Crippen molar-refractivity contribution in [3.8, 4) is 5.75 Å². The van der Waals surface area contributed by atoms with Crippen molar-refractivity contribution < 1.29 is 33.6 Å². The molecule has 42 heavy (non-hydrogen) atoms. The molecule has 2 aliphatic carbocycles. The van der Waals surface area contributed by atoms with E-state index < -0.39 is 23.4 Å². The van der Waals surface area contributed by atoms with Crippen LogP contribution in [-0.2, 0) is 19.1 Å². The largest absolute Gasteiger partial charge is 0.497 e. The zero-order valence-electron chi connectivity index (χ0n) is 22.6. The molecule has 0 radical (unpaired) electrons. The van der Waals surface area contributed by atoms with Crippen LogP contribution in [0.1, 0.15) is 34.7 Å². The summed E-state index contributed by atoms with van der Waals surface area (Å²) in [6.45, 7) is -0.688. The van der Waals surface area contributed by atoms with Crippen LogP contribution in [0.5, 0.6) is 5.75 Å². The number of hydrogen-bond donors (Lipinski definition) is 1. The third-order valence-electron chi connectivity index (χ3n) is 8.61. The number of imide groups is 1. The Balaban J connectivity index is 1.09. The van der Waals surface area contributed by atoms with E-state index in [1.54, 1.807) is 0 Å². The van der Waals surface area contributed by atoms with E-state index in [0.29, 0.717) is 11.4 Å². The van der Waals surface area contributed by atoms with Gasteiger partial charge in [0.15, 0.2) is 6.61 Å². The fourth-order valence-electron chi connectivity index (χ4n) is 6.85. The van der Waals surface area contributed by atoms with Gasteiger partial charge in [0.2, 0.25) is 11.8 Å². The molecule has 3 fully saturated rings. The first-order valence-corrected chi connectivity index (χ1v) is 13.6. The fraction of sp³-hybridized carbons (Fsp3) is 0.290. The van der Waals surface area contributed by atoms with E-state index in [9.17, 15) is 29.3 Å². The maximum Gasteiger partial charge on any atom is 0.338 e. The Hall–Kier alpha value is -5.06. The number of esters is 1. The highest BCUT2D eigenvalue weighted by molar-refractivity contribution is 6.22. The van der Waals surface area contributed by atoms with Crippen LogP contribution in [0, 0.1) is 33.8 Å². The van der Waals surface area contributed by atoms with Gasteiger partial charge in [-0.1, -0.05) is 30.3 Å². The third kappa shape index (κ3) is 4.66. The molecule has 1 N–H and O–H groups in total. The number of carbonyl (C=O) groups is 4. The van der Waals surface area contributed by atoms with Crippen molar-refractivity contribution in [1.82, 2.24) is 0 Å². The molecule has 1 heterocycles. The molecule has 3 amide bonds. The van der Waals surface area contributed by atoms with E-state index in [0.717, 1.165) is 12.8 Å². The van der Waals surface area contributed by atoms with Crippen molar-refractivity contribution in [2.75, 3.05) is 23.9 Å².